The van der Waals surface area contributed by atoms with Gasteiger partial charge in [-0.2, -0.15) is 0 Å². The monoisotopic (exact) mass is 277 g/mol. The lowest BCUT2D eigenvalue weighted by molar-refractivity contribution is 0.532. The highest BCUT2D eigenvalue weighted by Gasteiger charge is 2.25. The Kier molecular flexibility index (Phi) is 3.95. The van der Waals surface area contributed by atoms with E-state index in [0.717, 1.165) is 24.4 Å². The van der Waals surface area contributed by atoms with Gasteiger partial charge in [0.25, 0.3) is 0 Å². The Morgan fingerprint density at radius 2 is 1.84 bits per heavy atom. The molecule has 0 N–H and O–H groups in total. The van der Waals surface area contributed by atoms with Gasteiger partial charge < -0.3 is 0 Å². The van der Waals surface area contributed by atoms with Gasteiger partial charge in [-0.3, -0.25) is 4.57 Å². The Labute approximate surface area is 119 Å². The van der Waals surface area contributed by atoms with Gasteiger partial charge in [0, 0.05) is 5.41 Å². The molecule has 2 rings (SSSR count). The molecule has 1 heterocycles. The van der Waals surface area contributed by atoms with Crippen molar-refractivity contribution in [1.29, 1.82) is 0 Å². The Morgan fingerprint density at radius 1 is 1.16 bits per heavy atom. The lowest BCUT2D eigenvalue weighted by Gasteiger charge is -2.20. The zero-order valence-corrected chi connectivity index (χ0v) is 12.7. The number of halogens is 1. The lowest BCUT2D eigenvalue weighted by Crippen LogP contribution is -2.19. The normalized spacial score (nSPS) is 11.8. The van der Waals surface area contributed by atoms with Crippen LogP contribution in [-0.2, 0) is 11.8 Å². The molecule has 0 radical (unpaired) electrons. The SMILES string of the molecule is CCCc1ccccc1-n1c(Cl)nnc1C(C)(C)C. The van der Waals surface area contributed by atoms with Gasteiger partial charge >= 0.3 is 0 Å². The van der Waals surface area contributed by atoms with Crippen LogP contribution in [0.3, 0.4) is 0 Å². The zero-order chi connectivity index (χ0) is 14.0. The van der Waals surface area contributed by atoms with E-state index in [-0.39, 0.29) is 5.41 Å². The number of nitrogens with zero attached hydrogens (tertiary/aromatic N) is 3. The Morgan fingerprint density at radius 3 is 2.47 bits per heavy atom. The van der Waals surface area contributed by atoms with Crippen molar-refractivity contribution in [2.24, 2.45) is 0 Å². The number of hydrogen-bond donors (Lipinski definition) is 0. The average molecular weight is 278 g/mol. The van der Waals surface area contributed by atoms with Crippen molar-refractivity contribution < 1.29 is 0 Å². The Bertz CT molecular complexity index is 567. The van der Waals surface area contributed by atoms with Gasteiger partial charge in [0.2, 0.25) is 5.28 Å². The average Bonchev–Trinajstić information content (AvgIpc) is 2.72. The van der Waals surface area contributed by atoms with Crippen molar-refractivity contribution >= 4 is 11.6 Å². The predicted octanol–water partition coefficient (Wildman–Crippen LogP) is 4.17. The van der Waals surface area contributed by atoms with E-state index in [2.05, 4.69) is 56.1 Å². The molecule has 0 spiro atoms. The molecule has 2 aromatic rings. The highest BCUT2D eigenvalue weighted by atomic mass is 35.5. The van der Waals surface area contributed by atoms with Crippen LogP contribution in [0.5, 0.6) is 0 Å². The van der Waals surface area contributed by atoms with Crippen LogP contribution >= 0.6 is 11.6 Å². The quantitative estimate of drug-likeness (QED) is 0.843. The van der Waals surface area contributed by atoms with Crippen molar-refractivity contribution in [3.05, 3.63) is 40.9 Å². The summed E-state index contributed by atoms with van der Waals surface area (Å²) in [4.78, 5) is 0. The van der Waals surface area contributed by atoms with E-state index < -0.39 is 0 Å². The summed E-state index contributed by atoms with van der Waals surface area (Å²) in [6.45, 7) is 8.53. The van der Waals surface area contributed by atoms with Crippen LogP contribution in [-0.4, -0.2) is 14.8 Å². The largest absolute Gasteiger partial charge is 0.269 e. The maximum atomic E-state index is 6.25. The standard InChI is InChI=1S/C15H20ClN3/c1-5-8-11-9-6-7-10-12(11)19-13(15(2,3)4)17-18-14(19)16/h6-7,9-10H,5,8H2,1-4H3. The molecule has 3 nitrogen and oxygen atoms in total. The third kappa shape index (κ3) is 2.81. The molecule has 0 aliphatic rings. The fraction of sp³-hybridized carbons (Fsp3) is 0.467. The summed E-state index contributed by atoms with van der Waals surface area (Å²) in [5.41, 5.74) is 2.26. The lowest BCUT2D eigenvalue weighted by atomic mass is 9.95. The van der Waals surface area contributed by atoms with E-state index in [4.69, 9.17) is 11.6 Å². The third-order valence-electron chi connectivity index (χ3n) is 3.05. The summed E-state index contributed by atoms with van der Waals surface area (Å²) in [5.74, 6) is 0.890. The maximum absolute atomic E-state index is 6.25. The molecule has 0 bridgehead atoms. The number of benzene rings is 1. The van der Waals surface area contributed by atoms with Gasteiger partial charge in [-0.25, -0.2) is 0 Å². The summed E-state index contributed by atoms with van der Waals surface area (Å²) in [7, 11) is 0. The van der Waals surface area contributed by atoms with Crippen LogP contribution in [0.1, 0.15) is 45.5 Å². The first-order chi connectivity index (χ1) is 8.95. The van der Waals surface area contributed by atoms with E-state index >= 15 is 0 Å². The van der Waals surface area contributed by atoms with Gasteiger partial charge in [-0.05, 0) is 29.7 Å². The summed E-state index contributed by atoms with van der Waals surface area (Å²) in [6.07, 6.45) is 2.12. The summed E-state index contributed by atoms with van der Waals surface area (Å²) >= 11 is 6.25. The van der Waals surface area contributed by atoms with Gasteiger partial charge in [-0.1, -0.05) is 52.3 Å². The molecule has 1 aromatic heterocycles. The molecule has 0 aliphatic carbocycles. The first kappa shape index (κ1) is 14.1. The van der Waals surface area contributed by atoms with Gasteiger partial charge in [0.1, 0.15) is 5.82 Å². The minimum absolute atomic E-state index is 0.0978. The van der Waals surface area contributed by atoms with E-state index in [0.29, 0.717) is 5.28 Å². The minimum atomic E-state index is -0.0978. The second-order valence-electron chi connectivity index (χ2n) is 5.76. The van der Waals surface area contributed by atoms with Crippen LogP contribution in [0.25, 0.3) is 5.69 Å². The molecule has 0 saturated heterocycles. The Balaban J connectivity index is 2.62. The topological polar surface area (TPSA) is 30.7 Å². The zero-order valence-electron chi connectivity index (χ0n) is 11.9. The summed E-state index contributed by atoms with van der Waals surface area (Å²) < 4.78 is 1.96. The van der Waals surface area contributed by atoms with Crippen molar-refractivity contribution in [3.63, 3.8) is 0 Å². The molecule has 4 heteroatoms. The highest BCUT2D eigenvalue weighted by molar-refractivity contribution is 6.28. The number of para-hydroxylation sites is 1. The van der Waals surface area contributed by atoms with Crippen molar-refractivity contribution in [2.45, 2.75) is 46.0 Å². The number of hydrogen-bond acceptors (Lipinski definition) is 2. The van der Waals surface area contributed by atoms with Gasteiger partial charge in [0.05, 0.1) is 5.69 Å². The Hall–Kier alpha value is -1.35. The molecule has 0 aliphatic heterocycles. The molecule has 0 amide bonds. The van der Waals surface area contributed by atoms with Crippen LogP contribution in [0.15, 0.2) is 24.3 Å². The highest BCUT2D eigenvalue weighted by Crippen LogP contribution is 2.28. The predicted molar refractivity (Wildman–Crippen MR) is 79.1 cm³/mol. The molecule has 0 fully saturated rings. The molecule has 1 aromatic carbocycles. The molecule has 19 heavy (non-hydrogen) atoms. The third-order valence-corrected chi connectivity index (χ3v) is 3.29. The van der Waals surface area contributed by atoms with Gasteiger partial charge in [-0.15, -0.1) is 10.2 Å². The molecular formula is C15H20ClN3. The first-order valence-corrected chi connectivity index (χ1v) is 7.02. The van der Waals surface area contributed by atoms with Crippen molar-refractivity contribution in [3.8, 4) is 5.69 Å². The fourth-order valence-electron chi connectivity index (χ4n) is 2.17. The maximum Gasteiger partial charge on any atom is 0.229 e. The van der Waals surface area contributed by atoms with Crippen LogP contribution < -0.4 is 0 Å². The fourth-order valence-corrected chi connectivity index (χ4v) is 2.38. The van der Waals surface area contributed by atoms with Crippen molar-refractivity contribution in [2.75, 3.05) is 0 Å². The summed E-state index contributed by atoms with van der Waals surface area (Å²) in [6, 6.07) is 8.30. The van der Waals surface area contributed by atoms with E-state index in [1.165, 1.54) is 5.56 Å². The number of rotatable bonds is 3. The smallest absolute Gasteiger partial charge is 0.229 e. The second-order valence-corrected chi connectivity index (χ2v) is 6.09. The number of aryl methyl sites for hydroxylation is 1. The molecule has 0 atom stereocenters. The van der Waals surface area contributed by atoms with E-state index in [1.54, 1.807) is 0 Å². The second kappa shape index (κ2) is 5.33. The first-order valence-electron chi connectivity index (χ1n) is 6.65. The molecular weight excluding hydrogens is 258 g/mol. The molecule has 0 unspecified atom stereocenters. The van der Waals surface area contributed by atoms with Crippen LogP contribution in [0, 0.1) is 0 Å². The van der Waals surface area contributed by atoms with Crippen molar-refractivity contribution in [1.82, 2.24) is 14.8 Å². The number of aromatic nitrogens is 3. The molecule has 0 saturated carbocycles. The van der Waals surface area contributed by atoms with E-state index in [9.17, 15) is 0 Å². The molecule has 102 valence electrons. The van der Waals surface area contributed by atoms with Gasteiger partial charge in [0.15, 0.2) is 0 Å². The van der Waals surface area contributed by atoms with E-state index in [1.807, 2.05) is 10.6 Å². The van der Waals surface area contributed by atoms with Crippen LogP contribution in [0.4, 0.5) is 0 Å². The summed E-state index contributed by atoms with van der Waals surface area (Å²) in [5, 5.41) is 8.71. The van der Waals surface area contributed by atoms with Crippen LogP contribution in [0.2, 0.25) is 5.28 Å². The minimum Gasteiger partial charge on any atom is -0.269 e.